The molecule has 0 N–H and O–H groups in total. The van der Waals surface area contributed by atoms with E-state index < -0.39 is 0 Å². The first-order valence-corrected chi connectivity index (χ1v) is 6.66. The standard InChI is InChI=1S/C14H16O2S/c1-3-10-9-12(11-7-5-4-6-8-11)17-13(10)14(15)16-2/h4-8,12H,3,9H2,1-2H3. The number of esters is 1. The van der Waals surface area contributed by atoms with Gasteiger partial charge in [0.05, 0.1) is 12.0 Å². The summed E-state index contributed by atoms with van der Waals surface area (Å²) in [6.07, 6.45) is 1.87. The normalized spacial score (nSPS) is 19.5. The van der Waals surface area contributed by atoms with E-state index >= 15 is 0 Å². The van der Waals surface area contributed by atoms with Crippen LogP contribution in [0.2, 0.25) is 0 Å². The van der Waals surface area contributed by atoms with Gasteiger partial charge in [-0.2, -0.15) is 0 Å². The summed E-state index contributed by atoms with van der Waals surface area (Å²) in [4.78, 5) is 12.5. The Labute approximate surface area is 106 Å². The van der Waals surface area contributed by atoms with Crippen molar-refractivity contribution in [2.75, 3.05) is 7.11 Å². The van der Waals surface area contributed by atoms with Crippen LogP contribution in [0.15, 0.2) is 40.8 Å². The molecule has 0 saturated carbocycles. The first-order valence-electron chi connectivity index (χ1n) is 5.78. The van der Waals surface area contributed by atoms with Crippen molar-refractivity contribution in [3.63, 3.8) is 0 Å². The second-order valence-electron chi connectivity index (χ2n) is 4.00. The van der Waals surface area contributed by atoms with Crippen LogP contribution in [0.4, 0.5) is 0 Å². The average molecular weight is 248 g/mol. The minimum absolute atomic E-state index is 0.190. The van der Waals surface area contributed by atoms with Crippen molar-refractivity contribution in [2.24, 2.45) is 0 Å². The molecule has 2 nitrogen and oxygen atoms in total. The van der Waals surface area contributed by atoms with Crippen molar-refractivity contribution in [1.82, 2.24) is 0 Å². The number of benzene rings is 1. The Morgan fingerprint density at radius 1 is 1.41 bits per heavy atom. The molecule has 1 heterocycles. The number of methoxy groups -OCH3 is 1. The second kappa shape index (κ2) is 5.41. The van der Waals surface area contributed by atoms with Crippen molar-refractivity contribution >= 4 is 17.7 Å². The number of hydrogen-bond donors (Lipinski definition) is 0. The highest BCUT2D eigenvalue weighted by atomic mass is 32.2. The summed E-state index contributed by atoms with van der Waals surface area (Å²) >= 11 is 1.63. The zero-order valence-electron chi connectivity index (χ0n) is 10.1. The number of thioether (sulfide) groups is 1. The zero-order valence-corrected chi connectivity index (χ0v) is 10.9. The molecule has 1 atom stereocenters. The molecular weight excluding hydrogens is 232 g/mol. The first-order chi connectivity index (χ1) is 8.26. The van der Waals surface area contributed by atoms with Gasteiger partial charge in [0.15, 0.2) is 0 Å². The Hall–Kier alpha value is -1.22. The lowest BCUT2D eigenvalue weighted by molar-refractivity contribution is -0.135. The van der Waals surface area contributed by atoms with Gasteiger partial charge in [-0.15, -0.1) is 11.8 Å². The monoisotopic (exact) mass is 248 g/mol. The zero-order chi connectivity index (χ0) is 12.3. The van der Waals surface area contributed by atoms with Gasteiger partial charge in [-0.3, -0.25) is 0 Å². The molecule has 0 radical (unpaired) electrons. The molecule has 17 heavy (non-hydrogen) atoms. The van der Waals surface area contributed by atoms with Crippen LogP contribution in [0.25, 0.3) is 0 Å². The molecule has 0 bridgehead atoms. The molecule has 1 aliphatic rings. The van der Waals surface area contributed by atoms with Crippen LogP contribution in [0.1, 0.15) is 30.6 Å². The minimum atomic E-state index is -0.190. The Kier molecular flexibility index (Phi) is 3.89. The predicted molar refractivity (Wildman–Crippen MR) is 70.7 cm³/mol. The molecular formula is C14H16O2S. The van der Waals surface area contributed by atoms with Crippen molar-refractivity contribution in [1.29, 1.82) is 0 Å². The van der Waals surface area contributed by atoms with Crippen LogP contribution < -0.4 is 0 Å². The Balaban J connectivity index is 2.18. The number of allylic oxidation sites excluding steroid dienone is 1. The Morgan fingerprint density at radius 2 is 2.12 bits per heavy atom. The third-order valence-corrected chi connectivity index (χ3v) is 4.40. The smallest absolute Gasteiger partial charge is 0.344 e. The van der Waals surface area contributed by atoms with Crippen molar-refractivity contribution in [3.05, 3.63) is 46.4 Å². The lowest BCUT2D eigenvalue weighted by Crippen LogP contribution is -2.01. The van der Waals surface area contributed by atoms with Crippen molar-refractivity contribution < 1.29 is 9.53 Å². The lowest BCUT2D eigenvalue weighted by Gasteiger charge is -2.09. The van der Waals surface area contributed by atoms with Gasteiger partial charge in [-0.1, -0.05) is 37.3 Å². The summed E-state index contributed by atoms with van der Waals surface area (Å²) in [5, 5.41) is 0.361. The largest absolute Gasteiger partial charge is 0.465 e. The maximum atomic E-state index is 11.7. The number of ether oxygens (including phenoxy) is 1. The molecule has 1 unspecified atom stereocenters. The molecule has 0 spiro atoms. The Bertz CT molecular complexity index is 437. The van der Waals surface area contributed by atoms with E-state index in [0.717, 1.165) is 17.7 Å². The van der Waals surface area contributed by atoms with Crippen LogP contribution in [0, 0.1) is 0 Å². The van der Waals surface area contributed by atoms with Gasteiger partial charge in [0.1, 0.15) is 0 Å². The molecule has 1 aromatic carbocycles. The molecule has 0 aromatic heterocycles. The van der Waals surface area contributed by atoms with Gasteiger partial charge < -0.3 is 4.74 Å². The van der Waals surface area contributed by atoms with Crippen LogP contribution in [-0.2, 0) is 9.53 Å². The summed E-state index contributed by atoms with van der Waals surface area (Å²) in [7, 11) is 1.44. The SMILES string of the molecule is CCC1=C(C(=O)OC)SC(c2ccccc2)C1. The fourth-order valence-electron chi connectivity index (χ4n) is 2.03. The van der Waals surface area contributed by atoms with E-state index in [-0.39, 0.29) is 5.97 Å². The molecule has 0 fully saturated rings. The quantitative estimate of drug-likeness (QED) is 0.763. The summed E-state index contributed by atoms with van der Waals surface area (Å²) < 4.78 is 4.83. The number of hydrogen-bond acceptors (Lipinski definition) is 3. The molecule has 0 saturated heterocycles. The Morgan fingerprint density at radius 3 is 2.71 bits per heavy atom. The van der Waals surface area contributed by atoms with E-state index in [9.17, 15) is 4.79 Å². The molecule has 90 valence electrons. The lowest BCUT2D eigenvalue weighted by atomic mass is 10.0. The fourth-order valence-corrected chi connectivity index (χ4v) is 3.46. The highest BCUT2D eigenvalue weighted by Crippen LogP contribution is 2.48. The van der Waals surface area contributed by atoms with Gasteiger partial charge in [-0.25, -0.2) is 4.79 Å². The third kappa shape index (κ3) is 2.55. The van der Waals surface area contributed by atoms with E-state index in [2.05, 4.69) is 19.1 Å². The molecule has 1 aromatic rings. The van der Waals surface area contributed by atoms with E-state index in [1.807, 2.05) is 18.2 Å². The highest BCUT2D eigenvalue weighted by molar-refractivity contribution is 8.04. The maximum Gasteiger partial charge on any atom is 0.344 e. The fraction of sp³-hybridized carbons (Fsp3) is 0.357. The molecule has 3 heteroatoms. The highest BCUT2D eigenvalue weighted by Gasteiger charge is 2.29. The second-order valence-corrected chi connectivity index (χ2v) is 5.21. The van der Waals surface area contributed by atoms with Crippen LogP contribution in [0.5, 0.6) is 0 Å². The van der Waals surface area contributed by atoms with E-state index in [1.165, 1.54) is 18.2 Å². The summed E-state index contributed by atoms with van der Waals surface area (Å²) in [6.45, 7) is 2.09. The molecule has 1 aliphatic heterocycles. The van der Waals surface area contributed by atoms with Gasteiger partial charge in [0, 0.05) is 5.25 Å². The number of rotatable bonds is 3. The van der Waals surface area contributed by atoms with Crippen LogP contribution in [0.3, 0.4) is 0 Å². The van der Waals surface area contributed by atoms with Crippen LogP contribution >= 0.6 is 11.8 Å². The van der Waals surface area contributed by atoms with Crippen molar-refractivity contribution in [3.8, 4) is 0 Å². The average Bonchev–Trinajstić information content (AvgIpc) is 2.83. The maximum absolute atomic E-state index is 11.7. The topological polar surface area (TPSA) is 26.3 Å². The number of carbonyl (C=O) groups is 1. The van der Waals surface area contributed by atoms with E-state index in [1.54, 1.807) is 11.8 Å². The molecule has 0 amide bonds. The van der Waals surface area contributed by atoms with Gasteiger partial charge in [-0.05, 0) is 24.0 Å². The predicted octanol–water partition coefficient (Wildman–Crippen LogP) is 3.70. The van der Waals surface area contributed by atoms with Crippen molar-refractivity contribution in [2.45, 2.75) is 25.0 Å². The first kappa shape index (κ1) is 12.2. The molecule has 2 rings (SSSR count). The van der Waals surface area contributed by atoms with Gasteiger partial charge in [0.25, 0.3) is 0 Å². The van der Waals surface area contributed by atoms with E-state index in [4.69, 9.17) is 4.74 Å². The van der Waals surface area contributed by atoms with E-state index in [0.29, 0.717) is 5.25 Å². The third-order valence-electron chi connectivity index (χ3n) is 2.98. The van der Waals surface area contributed by atoms with Gasteiger partial charge >= 0.3 is 5.97 Å². The molecule has 0 aliphatic carbocycles. The number of carbonyl (C=O) groups excluding carboxylic acids is 1. The summed E-state index contributed by atoms with van der Waals surface area (Å²) in [5.41, 5.74) is 2.50. The van der Waals surface area contributed by atoms with Gasteiger partial charge in [0.2, 0.25) is 0 Å². The summed E-state index contributed by atoms with van der Waals surface area (Å²) in [5.74, 6) is -0.190. The van der Waals surface area contributed by atoms with Crippen LogP contribution in [-0.4, -0.2) is 13.1 Å². The minimum Gasteiger partial charge on any atom is -0.465 e. The summed E-state index contributed by atoms with van der Waals surface area (Å²) in [6, 6.07) is 10.3.